The van der Waals surface area contributed by atoms with Gasteiger partial charge >= 0.3 is 0 Å². The fraction of sp³-hybridized carbons (Fsp3) is 1.00. The molecule has 15 heteroatoms. The molecule has 6 rings (SSSR count). The van der Waals surface area contributed by atoms with Crippen LogP contribution < -0.4 is 0 Å². The van der Waals surface area contributed by atoms with Crippen molar-refractivity contribution in [2.24, 2.45) is 5.11 Å². The van der Waals surface area contributed by atoms with Gasteiger partial charge in [0.2, 0.25) is 0 Å². The molecule has 6 aliphatic heterocycles. The highest BCUT2D eigenvalue weighted by atomic mass is 16.9. The normalized spacial score (nSPS) is 48.7. The molecule has 0 bridgehead atoms. The third-order valence-electron chi connectivity index (χ3n) is 8.32. The number of azide groups is 1. The Morgan fingerprint density at radius 3 is 1.76 bits per heavy atom. The van der Waals surface area contributed by atoms with Crippen LogP contribution in [0, 0.1) is 0 Å². The van der Waals surface area contributed by atoms with E-state index in [-0.39, 0.29) is 26.4 Å². The van der Waals surface area contributed by atoms with Crippen molar-refractivity contribution in [2.75, 3.05) is 26.4 Å². The van der Waals surface area contributed by atoms with Gasteiger partial charge in [-0.15, -0.1) is 0 Å². The number of nitrogens with zero attached hydrogens (tertiary/aromatic N) is 3. The zero-order valence-corrected chi connectivity index (χ0v) is 24.7. The topological polar surface area (TPSA) is 171 Å². The van der Waals surface area contributed by atoms with Crippen LogP contribution in [0.25, 0.3) is 10.4 Å². The molecule has 0 aliphatic carbocycles. The summed E-state index contributed by atoms with van der Waals surface area (Å²) in [5, 5.41) is 16.3. The number of hydrogen-bond donors (Lipinski definition) is 1. The van der Waals surface area contributed by atoms with Crippen LogP contribution in [-0.4, -0.2) is 115 Å². The molecule has 0 radical (unpaired) electrons. The summed E-state index contributed by atoms with van der Waals surface area (Å²) in [6, 6.07) is 0. The minimum absolute atomic E-state index is 0.177. The predicted molar refractivity (Wildman–Crippen MR) is 135 cm³/mol. The van der Waals surface area contributed by atoms with E-state index < -0.39 is 83.6 Å². The molecule has 0 saturated carbocycles. The van der Waals surface area contributed by atoms with Crippen LogP contribution in [-0.2, 0) is 52.1 Å². The van der Waals surface area contributed by atoms with Crippen LogP contribution in [0.3, 0.4) is 0 Å². The Bertz CT molecular complexity index is 1080. The lowest BCUT2D eigenvalue weighted by Gasteiger charge is -2.42. The van der Waals surface area contributed by atoms with Gasteiger partial charge in [-0.25, -0.2) is 0 Å². The fourth-order valence-corrected chi connectivity index (χ4v) is 6.66. The fourth-order valence-electron chi connectivity index (χ4n) is 6.66. The number of ether oxygens (including phenoxy) is 11. The first kappa shape index (κ1) is 29.9. The maximum atomic E-state index is 12.4. The Balaban J connectivity index is 1.35. The molecule has 0 amide bonds. The van der Waals surface area contributed by atoms with Crippen molar-refractivity contribution in [3.05, 3.63) is 10.4 Å². The molecule has 6 aliphatic rings. The summed E-state index contributed by atoms with van der Waals surface area (Å²) in [5.41, 5.74) is 6.14. The summed E-state index contributed by atoms with van der Waals surface area (Å²) in [6.45, 7) is 14.0. The van der Waals surface area contributed by atoms with E-state index in [1.807, 2.05) is 0 Å². The van der Waals surface area contributed by atoms with Gasteiger partial charge in [0.1, 0.15) is 47.8 Å². The van der Waals surface area contributed by atoms with Crippen molar-refractivity contribution >= 4 is 0 Å². The minimum Gasteiger partial charge on any atom is -0.382 e. The lowest BCUT2D eigenvalue weighted by atomic mass is 9.86. The van der Waals surface area contributed by atoms with E-state index in [1.54, 1.807) is 55.4 Å². The third-order valence-corrected chi connectivity index (χ3v) is 8.32. The second kappa shape index (κ2) is 9.66. The average Bonchev–Trinajstić information content (AvgIpc) is 3.65. The number of hydrogen-bond acceptors (Lipinski definition) is 13. The summed E-state index contributed by atoms with van der Waals surface area (Å²) in [5.74, 6) is -3.77. The van der Waals surface area contributed by atoms with E-state index in [0.717, 1.165) is 0 Å². The van der Waals surface area contributed by atoms with Gasteiger partial charge in [0.15, 0.2) is 35.7 Å². The van der Waals surface area contributed by atoms with Gasteiger partial charge in [0.05, 0.1) is 26.4 Å². The molecule has 0 aromatic heterocycles. The Morgan fingerprint density at radius 2 is 1.22 bits per heavy atom. The third kappa shape index (κ3) is 5.18. The second-order valence-electron chi connectivity index (χ2n) is 13.3. The summed E-state index contributed by atoms with van der Waals surface area (Å²) in [7, 11) is 0. The van der Waals surface area contributed by atoms with Gasteiger partial charge in [0, 0.05) is 4.91 Å². The van der Waals surface area contributed by atoms with Gasteiger partial charge in [-0.3, -0.25) is 0 Å². The molecule has 1 N–H and O–H groups in total. The van der Waals surface area contributed by atoms with Crippen molar-refractivity contribution in [3.8, 4) is 0 Å². The summed E-state index contributed by atoms with van der Waals surface area (Å²) >= 11 is 0. The molecule has 10 atom stereocenters. The van der Waals surface area contributed by atoms with Crippen LogP contribution in [0.15, 0.2) is 5.11 Å². The molecule has 6 saturated heterocycles. The van der Waals surface area contributed by atoms with E-state index in [0.29, 0.717) is 0 Å². The maximum absolute atomic E-state index is 12.4. The largest absolute Gasteiger partial charge is 0.382 e. The van der Waals surface area contributed by atoms with Gasteiger partial charge in [0.25, 0.3) is 0 Å². The van der Waals surface area contributed by atoms with E-state index in [1.165, 1.54) is 0 Å². The smallest absolute Gasteiger partial charge is 0.190 e. The lowest BCUT2D eigenvalue weighted by Crippen LogP contribution is -2.63. The van der Waals surface area contributed by atoms with E-state index in [9.17, 15) is 10.6 Å². The highest BCUT2D eigenvalue weighted by Crippen LogP contribution is 2.51. The van der Waals surface area contributed by atoms with Crippen LogP contribution in [0.4, 0.5) is 0 Å². The molecule has 6 heterocycles. The summed E-state index contributed by atoms with van der Waals surface area (Å²) < 4.78 is 67.6. The van der Waals surface area contributed by atoms with Crippen molar-refractivity contribution in [1.82, 2.24) is 0 Å². The molecule has 15 nitrogen and oxygen atoms in total. The quantitative estimate of drug-likeness (QED) is 0.261. The number of rotatable bonds is 7. The minimum atomic E-state index is -1.78. The predicted octanol–water partition coefficient (Wildman–Crippen LogP) is 1.84. The maximum Gasteiger partial charge on any atom is 0.190 e. The molecule has 6 fully saturated rings. The number of fused-ring (bicyclic) bond motifs is 2. The lowest BCUT2D eigenvalue weighted by molar-refractivity contribution is -0.277. The highest BCUT2D eigenvalue weighted by molar-refractivity contribution is 5.14. The van der Waals surface area contributed by atoms with Crippen molar-refractivity contribution < 1.29 is 57.2 Å². The van der Waals surface area contributed by atoms with Crippen LogP contribution in [0.1, 0.15) is 55.4 Å². The zero-order valence-electron chi connectivity index (χ0n) is 24.7. The molecular weight excluding hydrogens is 546 g/mol. The summed E-state index contributed by atoms with van der Waals surface area (Å²) in [6.07, 6.45) is -6.54. The van der Waals surface area contributed by atoms with Crippen LogP contribution >= 0.6 is 0 Å². The molecular formula is C26H41N3O12. The molecule has 41 heavy (non-hydrogen) atoms. The molecule has 232 valence electrons. The second-order valence-corrected chi connectivity index (χ2v) is 13.3. The van der Waals surface area contributed by atoms with E-state index in [4.69, 9.17) is 52.1 Å². The molecule has 0 unspecified atom stereocenters. The van der Waals surface area contributed by atoms with Gasteiger partial charge in [-0.05, 0) is 60.9 Å². The molecule has 0 aromatic rings. The van der Waals surface area contributed by atoms with Gasteiger partial charge < -0.3 is 57.2 Å². The average molecular weight is 588 g/mol. The monoisotopic (exact) mass is 587 g/mol. The van der Waals surface area contributed by atoms with Crippen LogP contribution in [0.2, 0.25) is 0 Å². The van der Waals surface area contributed by atoms with Gasteiger partial charge in [-0.1, -0.05) is 5.11 Å². The molecule has 0 aromatic carbocycles. The van der Waals surface area contributed by atoms with Crippen molar-refractivity contribution in [2.45, 2.75) is 139 Å². The Hall–Kier alpha value is -1.17. The van der Waals surface area contributed by atoms with E-state index in [2.05, 4.69) is 10.0 Å². The Kier molecular flexibility index (Phi) is 7.04. The van der Waals surface area contributed by atoms with Gasteiger partial charge in [-0.2, -0.15) is 0 Å². The first-order valence-corrected chi connectivity index (χ1v) is 14.0. The zero-order chi connectivity index (χ0) is 29.6. The highest BCUT2D eigenvalue weighted by Gasteiger charge is 2.70. The Labute approximate surface area is 238 Å². The first-order chi connectivity index (χ1) is 19.0. The number of aliphatic hydroxyl groups is 1. The SMILES string of the molecule is CC1(C)OC[C@H]([C@H]2O[C@@H]3OC(C)(C)O[C@@H]3[C@]2(O)CO[C@@]2(CN=[N+]=[N-])[C@@H]([C@H]3COC(C)(C)O3)O[C@@H]3OC(C)(C)O[C@@H]32)O1. The first-order valence-electron chi connectivity index (χ1n) is 14.0. The molecule has 0 spiro atoms. The van der Waals surface area contributed by atoms with E-state index >= 15 is 0 Å². The van der Waals surface area contributed by atoms with Crippen molar-refractivity contribution in [3.63, 3.8) is 0 Å². The Morgan fingerprint density at radius 1 is 0.707 bits per heavy atom. The van der Waals surface area contributed by atoms with Crippen molar-refractivity contribution in [1.29, 1.82) is 0 Å². The standard InChI is InChI=1S/C26H41N3O12/c1-21(2)31-9-13(36-21)15-25(30,17-19(34-15)40-23(5,6)38-17)12-33-26(11-28-29-27)16(14-10-32-22(3,4)37-14)35-20-18(26)39-24(7,8)41-20/h13-20,30H,9-12H2,1-8H3/t13-,14-,15-,16-,17+,18+,19-,20-,25+,26+/m1/s1. The summed E-state index contributed by atoms with van der Waals surface area (Å²) in [4.78, 5) is 3.00. The van der Waals surface area contributed by atoms with Crippen LogP contribution in [0.5, 0.6) is 0 Å².